The fourth-order valence-electron chi connectivity index (χ4n) is 7.45. The molecule has 1 heterocycles. The lowest BCUT2D eigenvalue weighted by Crippen LogP contribution is -2.16. The molecule has 0 fully saturated rings. The van der Waals surface area contributed by atoms with Gasteiger partial charge in [0.05, 0.1) is 0 Å². The molecule has 0 N–H and O–H groups in total. The highest BCUT2D eigenvalue weighted by Gasteiger charge is 2.37. The molecule has 49 heavy (non-hydrogen) atoms. The van der Waals surface area contributed by atoms with Gasteiger partial charge in [-0.3, -0.25) is 0 Å². The number of aromatic nitrogens is 3. The Labute approximate surface area is 286 Å². The Morgan fingerprint density at radius 3 is 1.67 bits per heavy atom. The highest BCUT2D eigenvalue weighted by atomic mass is 15.0. The lowest BCUT2D eigenvalue weighted by molar-refractivity contribution is 0.662. The van der Waals surface area contributed by atoms with Crippen LogP contribution in [0.1, 0.15) is 25.0 Å². The summed E-state index contributed by atoms with van der Waals surface area (Å²) in [5.74, 6) is 1.96. The second-order valence-electron chi connectivity index (χ2n) is 13.3. The van der Waals surface area contributed by atoms with E-state index >= 15 is 0 Å². The predicted octanol–water partition coefficient (Wildman–Crippen LogP) is 11.7. The van der Waals surface area contributed by atoms with Crippen LogP contribution in [0.2, 0.25) is 0 Å². The quantitative estimate of drug-likeness (QED) is 0.191. The van der Waals surface area contributed by atoms with E-state index in [1.54, 1.807) is 0 Å². The molecule has 1 aromatic heterocycles. The first-order chi connectivity index (χ1) is 24.0. The van der Waals surface area contributed by atoms with Crippen LogP contribution in [0.4, 0.5) is 0 Å². The van der Waals surface area contributed by atoms with E-state index in [-0.39, 0.29) is 5.41 Å². The third-order valence-electron chi connectivity index (χ3n) is 9.91. The van der Waals surface area contributed by atoms with Crippen molar-refractivity contribution in [3.8, 4) is 67.5 Å². The Balaban J connectivity index is 1.14. The second kappa shape index (κ2) is 11.5. The van der Waals surface area contributed by atoms with Crippen LogP contribution in [-0.2, 0) is 5.41 Å². The number of benzene rings is 7. The summed E-state index contributed by atoms with van der Waals surface area (Å²) in [6.45, 7) is 4.67. The molecule has 0 amide bonds. The molecule has 8 aromatic rings. The molecule has 0 aliphatic heterocycles. The zero-order chi connectivity index (χ0) is 33.0. The monoisotopic (exact) mass is 627 g/mol. The average molecular weight is 628 g/mol. The summed E-state index contributed by atoms with van der Waals surface area (Å²) < 4.78 is 0. The van der Waals surface area contributed by atoms with Crippen molar-refractivity contribution < 1.29 is 0 Å². The van der Waals surface area contributed by atoms with E-state index in [4.69, 9.17) is 15.0 Å². The Morgan fingerprint density at radius 2 is 0.878 bits per heavy atom. The molecule has 0 radical (unpaired) electrons. The van der Waals surface area contributed by atoms with Crippen LogP contribution in [0.5, 0.6) is 0 Å². The van der Waals surface area contributed by atoms with Crippen LogP contribution in [0.3, 0.4) is 0 Å². The summed E-state index contributed by atoms with van der Waals surface area (Å²) in [7, 11) is 0. The molecular weight excluding hydrogens is 595 g/mol. The van der Waals surface area contributed by atoms with Gasteiger partial charge in [0, 0.05) is 22.1 Å². The molecule has 0 bridgehead atoms. The van der Waals surface area contributed by atoms with Gasteiger partial charge in [-0.25, -0.2) is 15.0 Å². The molecule has 7 aromatic carbocycles. The highest BCUT2D eigenvalue weighted by Crippen LogP contribution is 2.52. The van der Waals surface area contributed by atoms with Crippen molar-refractivity contribution in [3.05, 3.63) is 175 Å². The summed E-state index contributed by atoms with van der Waals surface area (Å²) in [4.78, 5) is 15.1. The summed E-state index contributed by atoms with van der Waals surface area (Å²) in [5.41, 5.74) is 12.8. The largest absolute Gasteiger partial charge is 0.208 e. The fraction of sp³-hybridized carbons (Fsp3) is 0.0652. The number of hydrogen-bond acceptors (Lipinski definition) is 3. The first-order valence-electron chi connectivity index (χ1n) is 16.8. The van der Waals surface area contributed by atoms with Gasteiger partial charge in [-0.15, -0.1) is 0 Å². The van der Waals surface area contributed by atoms with E-state index in [0.717, 1.165) is 27.8 Å². The van der Waals surface area contributed by atoms with E-state index in [9.17, 15) is 0 Å². The Morgan fingerprint density at radius 1 is 0.347 bits per heavy atom. The molecule has 1 aliphatic carbocycles. The molecule has 0 unspecified atom stereocenters. The van der Waals surface area contributed by atoms with Gasteiger partial charge in [0.25, 0.3) is 0 Å². The molecule has 0 saturated carbocycles. The molecule has 1 aliphatic rings. The van der Waals surface area contributed by atoms with Crippen LogP contribution in [0.15, 0.2) is 164 Å². The van der Waals surface area contributed by atoms with Crippen molar-refractivity contribution in [3.63, 3.8) is 0 Å². The highest BCUT2D eigenvalue weighted by molar-refractivity contribution is 5.89. The maximum atomic E-state index is 5.09. The molecule has 3 heteroatoms. The van der Waals surface area contributed by atoms with E-state index in [1.807, 2.05) is 18.2 Å². The summed E-state index contributed by atoms with van der Waals surface area (Å²) in [5, 5.41) is 2.47. The number of hydrogen-bond donors (Lipinski definition) is 0. The normalized spacial score (nSPS) is 12.9. The van der Waals surface area contributed by atoms with Gasteiger partial charge >= 0.3 is 0 Å². The van der Waals surface area contributed by atoms with Gasteiger partial charge < -0.3 is 0 Å². The van der Waals surface area contributed by atoms with E-state index in [1.165, 1.54) is 44.2 Å². The van der Waals surface area contributed by atoms with Gasteiger partial charge in [0.2, 0.25) is 0 Å². The Kier molecular flexibility index (Phi) is 6.80. The third-order valence-corrected chi connectivity index (χ3v) is 9.91. The van der Waals surface area contributed by atoms with Crippen LogP contribution < -0.4 is 0 Å². The average Bonchev–Trinajstić information content (AvgIpc) is 3.41. The summed E-state index contributed by atoms with van der Waals surface area (Å²) >= 11 is 0. The van der Waals surface area contributed by atoms with Crippen molar-refractivity contribution in [2.75, 3.05) is 0 Å². The van der Waals surface area contributed by atoms with Crippen molar-refractivity contribution in [2.45, 2.75) is 19.3 Å². The zero-order valence-electron chi connectivity index (χ0n) is 27.4. The molecule has 9 rings (SSSR count). The molecule has 232 valence electrons. The van der Waals surface area contributed by atoms with Gasteiger partial charge in [0.1, 0.15) is 0 Å². The summed E-state index contributed by atoms with van der Waals surface area (Å²) in [6.07, 6.45) is 0. The first-order valence-corrected chi connectivity index (χ1v) is 16.8. The van der Waals surface area contributed by atoms with E-state index in [2.05, 4.69) is 159 Å². The SMILES string of the molecule is CC1(C)c2ccccc2-c2cccc(-c3cccc(-c4nc(-c5ccccc5)nc(-c5ccc(-c6ccc7ccccc7c6)cc5)n4)c3)c21. The third kappa shape index (κ3) is 5.03. The molecule has 0 spiro atoms. The van der Waals surface area contributed by atoms with E-state index < -0.39 is 0 Å². The standard InChI is InChI=1S/C46H33N3/c1-46(2)41-21-9-8-18-39(41)40-20-11-19-38(42(40)46)36-16-10-17-37(29-36)45-48-43(32-13-4-3-5-14-32)47-44(49-45)33-25-22-31(23-26-33)35-27-24-30-12-6-7-15-34(30)28-35/h3-29H,1-2H3. The van der Waals surface area contributed by atoms with Crippen LogP contribution in [0, 0.1) is 0 Å². The predicted molar refractivity (Wildman–Crippen MR) is 202 cm³/mol. The van der Waals surface area contributed by atoms with Crippen molar-refractivity contribution >= 4 is 10.8 Å². The number of nitrogens with zero attached hydrogens (tertiary/aromatic N) is 3. The molecular formula is C46H33N3. The summed E-state index contributed by atoms with van der Waals surface area (Å²) in [6, 6.07) is 57.9. The topological polar surface area (TPSA) is 38.7 Å². The first kappa shape index (κ1) is 29.0. The van der Waals surface area contributed by atoms with E-state index in [0.29, 0.717) is 17.5 Å². The Hall–Kier alpha value is -6.19. The van der Waals surface area contributed by atoms with Crippen LogP contribution in [-0.4, -0.2) is 15.0 Å². The molecule has 0 atom stereocenters. The Bertz CT molecular complexity index is 2510. The smallest absolute Gasteiger partial charge is 0.164 e. The number of rotatable bonds is 5. The lowest BCUT2D eigenvalue weighted by Gasteiger charge is -2.24. The minimum Gasteiger partial charge on any atom is -0.208 e. The maximum absolute atomic E-state index is 5.09. The van der Waals surface area contributed by atoms with Gasteiger partial charge in [-0.05, 0) is 67.4 Å². The zero-order valence-corrected chi connectivity index (χ0v) is 27.4. The number of fused-ring (bicyclic) bond motifs is 4. The second-order valence-corrected chi connectivity index (χ2v) is 13.3. The van der Waals surface area contributed by atoms with Crippen LogP contribution >= 0.6 is 0 Å². The van der Waals surface area contributed by atoms with Gasteiger partial charge in [-0.2, -0.15) is 0 Å². The molecule has 0 saturated heterocycles. The van der Waals surface area contributed by atoms with Crippen molar-refractivity contribution in [1.29, 1.82) is 0 Å². The maximum Gasteiger partial charge on any atom is 0.164 e. The van der Waals surface area contributed by atoms with Gasteiger partial charge in [-0.1, -0.05) is 166 Å². The minimum absolute atomic E-state index is 0.113. The molecule has 3 nitrogen and oxygen atoms in total. The van der Waals surface area contributed by atoms with Gasteiger partial charge in [0.15, 0.2) is 17.5 Å². The van der Waals surface area contributed by atoms with Crippen LogP contribution in [0.25, 0.3) is 78.3 Å². The minimum atomic E-state index is -0.113. The van der Waals surface area contributed by atoms with Crippen molar-refractivity contribution in [1.82, 2.24) is 15.0 Å². The lowest BCUT2D eigenvalue weighted by atomic mass is 9.79. The fourth-order valence-corrected chi connectivity index (χ4v) is 7.45. The van der Waals surface area contributed by atoms with Crippen molar-refractivity contribution in [2.24, 2.45) is 0 Å².